The molecule has 1 heterocycles. The highest BCUT2D eigenvalue weighted by atomic mass is 32.2. The first kappa shape index (κ1) is 19.2. The lowest BCUT2D eigenvalue weighted by molar-refractivity contribution is -0.121. The maximum absolute atomic E-state index is 14.0. The van der Waals surface area contributed by atoms with Crippen molar-refractivity contribution in [3.8, 4) is 0 Å². The van der Waals surface area contributed by atoms with Crippen LogP contribution in [0.4, 0.5) is 4.39 Å². The number of Topliss-reactive ketones (excluding diaryl/α,β-unsaturated/α-hetero) is 1. The van der Waals surface area contributed by atoms with Crippen molar-refractivity contribution in [2.45, 2.75) is 55.9 Å². The number of halogens is 1. The molecule has 0 bridgehead atoms. The Hall–Kier alpha value is -2.14. The van der Waals surface area contributed by atoms with Gasteiger partial charge in [-0.1, -0.05) is 24.3 Å². The molecule has 4 rings (SSSR count). The molecule has 0 radical (unpaired) electrons. The summed E-state index contributed by atoms with van der Waals surface area (Å²) in [5.41, 5.74) is 4.17. The topological polar surface area (TPSA) is 46.2 Å². The van der Waals surface area contributed by atoms with Gasteiger partial charge in [0.1, 0.15) is 5.82 Å². The zero-order valence-electron chi connectivity index (χ0n) is 15.8. The van der Waals surface area contributed by atoms with E-state index in [1.165, 1.54) is 41.8 Å². The number of ketones is 1. The van der Waals surface area contributed by atoms with Crippen molar-refractivity contribution >= 4 is 23.5 Å². The number of benzene rings is 2. The van der Waals surface area contributed by atoms with E-state index in [4.69, 9.17) is 0 Å². The van der Waals surface area contributed by atoms with E-state index in [2.05, 4.69) is 11.4 Å². The van der Waals surface area contributed by atoms with Gasteiger partial charge in [0.25, 0.3) is 0 Å². The lowest BCUT2D eigenvalue weighted by atomic mass is 9.89. The zero-order valence-corrected chi connectivity index (χ0v) is 16.6. The van der Waals surface area contributed by atoms with Crippen LogP contribution in [-0.4, -0.2) is 17.4 Å². The summed E-state index contributed by atoms with van der Waals surface area (Å²) in [5, 5.41) is 2.99. The number of nitrogens with one attached hydrogen (secondary N) is 1. The maximum Gasteiger partial charge on any atom is 0.220 e. The van der Waals surface area contributed by atoms with Crippen molar-refractivity contribution in [1.29, 1.82) is 0 Å². The van der Waals surface area contributed by atoms with Gasteiger partial charge in [-0.2, -0.15) is 0 Å². The molecule has 146 valence electrons. The molecule has 1 atom stereocenters. The number of hydrogen-bond donors (Lipinski definition) is 1. The van der Waals surface area contributed by atoms with Crippen molar-refractivity contribution in [3.63, 3.8) is 0 Å². The molecule has 1 aliphatic carbocycles. The summed E-state index contributed by atoms with van der Waals surface area (Å²) in [6.07, 6.45) is 5.64. The van der Waals surface area contributed by atoms with Crippen LogP contribution in [0.5, 0.6) is 0 Å². The largest absolute Gasteiger partial charge is 0.349 e. The normalized spacial score (nSPS) is 18.1. The van der Waals surface area contributed by atoms with E-state index in [9.17, 15) is 14.0 Å². The van der Waals surface area contributed by atoms with Gasteiger partial charge in [-0.15, -0.1) is 11.8 Å². The van der Waals surface area contributed by atoms with Gasteiger partial charge < -0.3 is 5.32 Å². The number of hydrogen-bond acceptors (Lipinski definition) is 3. The van der Waals surface area contributed by atoms with Crippen LogP contribution in [0.15, 0.2) is 41.3 Å². The Bertz CT molecular complexity index is 911. The van der Waals surface area contributed by atoms with Crippen molar-refractivity contribution < 1.29 is 14.0 Å². The molecule has 0 spiro atoms. The van der Waals surface area contributed by atoms with Crippen molar-refractivity contribution in [3.05, 3.63) is 64.5 Å². The Morgan fingerprint density at radius 2 is 1.89 bits per heavy atom. The molecular formula is C23H24FNO2S. The van der Waals surface area contributed by atoms with Crippen molar-refractivity contribution in [2.75, 3.05) is 5.75 Å². The molecule has 28 heavy (non-hydrogen) atoms. The zero-order chi connectivity index (χ0) is 19.5. The minimum Gasteiger partial charge on any atom is -0.349 e. The average molecular weight is 398 g/mol. The van der Waals surface area contributed by atoms with Crippen LogP contribution < -0.4 is 5.32 Å². The van der Waals surface area contributed by atoms with Crippen molar-refractivity contribution in [2.24, 2.45) is 0 Å². The third kappa shape index (κ3) is 4.14. The predicted molar refractivity (Wildman–Crippen MR) is 109 cm³/mol. The quantitative estimate of drug-likeness (QED) is 0.721. The van der Waals surface area contributed by atoms with E-state index in [0.717, 1.165) is 30.6 Å². The number of amides is 1. The highest BCUT2D eigenvalue weighted by Crippen LogP contribution is 2.37. The van der Waals surface area contributed by atoms with Crippen molar-refractivity contribution in [1.82, 2.24) is 5.32 Å². The second kappa shape index (κ2) is 8.48. The van der Waals surface area contributed by atoms with Gasteiger partial charge in [-0.05, 0) is 60.9 Å². The second-order valence-corrected chi connectivity index (χ2v) is 8.63. The highest BCUT2D eigenvalue weighted by Gasteiger charge is 2.24. The highest BCUT2D eigenvalue weighted by molar-refractivity contribution is 7.99. The van der Waals surface area contributed by atoms with E-state index in [1.54, 1.807) is 6.07 Å². The van der Waals surface area contributed by atoms with Crippen LogP contribution in [0.25, 0.3) is 0 Å². The molecule has 0 unspecified atom stereocenters. The van der Waals surface area contributed by atoms with Gasteiger partial charge in [0.15, 0.2) is 5.78 Å². The van der Waals surface area contributed by atoms with Crippen LogP contribution >= 0.6 is 11.8 Å². The summed E-state index contributed by atoms with van der Waals surface area (Å²) in [7, 11) is 0. The number of thioether (sulfide) groups is 1. The molecule has 2 aliphatic rings. The van der Waals surface area contributed by atoms with Gasteiger partial charge in [0.2, 0.25) is 5.91 Å². The number of carbonyl (C=O) groups is 2. The standard InChI is InChI=1S/C23H24FNO2S/c24-19-7-3-6-18-20(12-13-28-23(18)19)25-22(27)11-10-21(26)17-9-8-15-4-1-2-5-16(15)14-17/h3,6-9,14,20H,1-2,4-5,10-13H2,(H,25,27)/t20-/m0/s1. The van der Waals surface area contributed by atoms with Crippen LogP contribution in [0, 0.1) is 5.82 Å². The van der Waals surface area contributed by atoms with E-state index < -0.39 is 0 Å². The number of carbonyl (C=O) groups excluding carboxylic acids is 2. The number of aryl methyl sites for hydroxylation is 2. The minimum absolute atomic E-state index is 0.00849. The van der Waals surface area contributed by atoms with Crippen LogP contribution in [-0.2, 0) is 17.6 Å². The fraction of sp³-hybridized carbons (Fsp3) is 0.391. The molecule has 0 aromatic heterocycles. The Labute approximate surface area is 169 Å². The summed E-state index contributed by atoms with van der Waals surface area (Å²) in [6, 6.07) is 10.8. The van der Waals surface area contributed by atoms with Crippen LogP contribution in [0.1, 0.15) is 65.2 Å². The lowest BCUT2D eigenvalue weighted by Crippen LogP contribution is -2.31. The fourth-order valence-electron chi connectivity index (χ4n) is 4.08. The van der Waals surface area contributed by atoms with Gasteiger partial charge in [0.05, 0.1) is 6.04 Å². The molecule has 3 nitrogen and oxygen atoms in total. The molecule has 1 aliphatic heterocycles. The van der Waals surface area contributed by atoms with Gasteiger partial charge >= 0.3 is 0 Å². The number of fused-ring (bicyclic) bond motifs is 2. The average Bonchev–Trinajstić information content (AvgIpc) is 2.72. The first-order chi connectivity index (χ1) is 13.6. The monoisotopic (exact) mass is 397 g/mol. The molecular weight excluding hydrogens is 373 g/mol. The van der Waals surface area contributed by atoms with Gasteiger partial charge in [0, 0.05) is 29.1 Å². The Kier molecular flexibility index (Phi) is 5.81. The van der Waals surface area contributed by atoms with Crippen LogP contribution in [0.2, 0.25) is 0 Å². The molecule has 5 heteroatoms. The van der Waals surface area contributed by atoms with E-state index in [0.29, 0.717) is 10.5 Å². The van der Waals surface area contributed by atoms with E-state index >= 15 is 0 Å². The minimum atomic E-state index is -0.232. The molecule has 1 amide bonds. The second-order valence-electron chi connectivity index (χ2n) is 7.53. The fourth-order valence-corrected chi connectivity index (χ4v) is 5.22. The SMILES string of the molecule is O=C(CCC(=O)c1ccc2c(c1)CCCC2)N[C@H]1CCSc2c(F)cccc21. The summed E-state index contributed by atoms with van der Waals surface area (Å²) < 4.78 is 14.0. The maximum atomic E-state index is 14.0. The molecule has 0 saturated heterocycles. The smallest absolute Gasteiger partial charge is 0.220 e. The molecule has 0 saturated carbocycles. The lowest BCUT2D eigenvalue weighted by Gasteiger charge is -2.26. The molecule has 1 N–H and O–H groups in total. The van der Waals surface area contributed by atoms with E-state index in [1.807, 2.05) is 18.2 Å². The summed E-state index contributed by atoms with van der Waals surface area (Å²) in [4.78, 5) is 25.6. The summed E-state index contributed by atoms with van der Waals surface area (Å²) in [5.74, 6) is 0.393. The molecule has 2 aromatic carbocycles. The van der Waals surface area contributed by atoms with Gasteiger partial charge in [-0.3, -0.25) is 9.59 Å². The molecule has 2 aromatic rings. The Balaban J connectivity index is 1.35. The Morgan fingerprint density at radius 3 is 2.75 bits per heavy atom. The predicted octanol–water partition coefficient (Wildman–Crippen LogP) is 5.02. The Morgan fingerprint density at radius 1 is 1.07 bits per heavy atom. The summed E-state index contributed by atoms with van der Waals surface area (Å²) in [6.45, 7) is 0. The van der Waals surface area contributed by atoms with Gasteiger partial charge in [-0.25, -0.2) is 4.39 Å². The summed E-state index contributed by atoms with van der Waals surface area (Å²) >= 11 is 1.49. The third-order valence-electron chi connectivity index (χ3n) is 5.61. The first-order valence-corrected chi connectivity index (χ1v) is 11.0. The van der Waals surface area contributed by atoms with E-state index in [-0.39, 0.29) is 36.4 Å². The first-order valence-electron chi connectivity index (χ1n) is 9.97. The van der Waals surface area contributed by atoms with Crippen LogP contribution in [0.3, 0.4) is 0 Å². The third-order valence-corrected chi connectivity index (χ3v) is 6.77. The number of rotatable bonds is 5. The molecule has 0 fully saturated rings.